The Morgan fingerprint density at radius 2 is 2.44 bits per heavy atom. The van der Waals surface area contributed by atoms with Crippen LogP contribution in [0.25, 0.3) is 0 Å². The maximum Gasteiger partial charge on any atom is 0.339 e. The molecule has 0 radical (unpaired) electrons. The highest BCUT2D eigenvalue weighted by Gasteiger charge is 2.18. The Morgan fingerprint density at radius 1 is 1.61 bits per heavy atom. The molecule has 1 saturated heterocycles. The Balaban J connectivity index is 2.08. The van der Waals surface area contributed by atoms with Crippen molar-refractivity contribution in [1.29, 1.82) is 0 Å². The number of benzene rings is 1. The molecule has 5 heteroatoms. The number of carbonyl (C=O) groups is 1. The number of hydrogen-bond acceptors (Lipinski definition) is 5. The van der Waals surface area contributed by atoms with Gasteiger partial charge in [0.25, 0.3) is 0 Å². The van der Waals surface area contributed by atoms with Crippen molar-refractivity contribution < 1.29 is 14.3 Å². The lowest BCUT2D eigenvalue weighted by Crippen LogP contribution is -2.09. The van der Waals surface area contributed by atoms with E-state index in [4.69, 9.17) is 15.2 Å². The monoisotopic (exact) mass is 267 g/mol. The van der Waals surface area contributed by atoms with Crippen molar-refractivity contribution in [1.82, 2.24) is 0 Å². The number of carbonyl (C=O) groups excluding carboxylic acids is 1. The maximum atomic E-state index is 11.7. The largest absolute Gasteiger partial charge is 0.465 e. The second kappa shape index (κ2) is 6.11. The molecule has 4 nitrogen and oxygen atoms in total. The Labute approximate surface area is 111 Å². The number of nitrogen functional groups attached to an aromatic ring is 1. The van der Waals surface area contributed by atoms with E-state index in [0.29, 0.717) is 11.3 Å². The number of nitrogens with two attached hydrogens (primary N) is 1. The first kappa shape index (κ1) is 13.2. The van der Waals surface area contributed by atoms with Crippen LogP contribution in [-0.2, 0) is 9.47 Å². The molecule has 0 bridgehead atoms. The predicted molar refractivity (Wildman–Crippen MR) is 71.9 cm³/mol. The number of methoxy groups -OCH3 is 1. The van der Waals surface area contributed by atoms with Gasteiger partial charge in [-0.25, -0.2) is 4.79 Å². The van der Waals surface area contributed by atoms with Gasteiger partial charge in [0.15, 0.2) is 0 Å². The van der Waals surface area contributed by atoms with Crippen LogP contribution in [0.2, 0.25) is 0 Å². The number of ether oxygens (including phenoxy) is 2. The molecule has 98 valence electrons. The van der Waals surface area contributed by atoms with Crippen molar-refractivity contribution in [2.75, 3.05) is 25.2 Å². The molecule has 1 unspecified atom stereocenters. The summed E-state index contributed by atoms with van der Waals surface area (Å²) in [6.45, 7) is 0.844. The predicted octanol–water partition coefficient (Wildman–Crippen LogP) is 2.33. The van der Waals surface area contributed by atoms with Gasteiger partial charge in [0.1, 0.15) is 0 Å². The van der Waals surface area contributed by atoms with E-state index in [9.17, 15) is 4.79 Å². The van der Waals surface area contributed by atoms with E-state index in [0.717, 1.165) is 30.1 Å². The van der Waals surface area contributed by atoms with Crippen LogP contribution in [0.3, 0.4) is 0 Å². The van der Waals surface area contributed by atoms with Gasteiger partial charge in [0.05, 0.1) is 18.8 Å². The topological polar surface area (TPSA) is 61.5 Å². The molecule has 0 saturated carbocycles. The number of anilines is 1. The van der Waals surface area contributed by atoms with Crippen molar-refractivity contribution in [3.05, 3.63) is 23.8 Å². The van der Waals surface area contributed by atoms with E-state index in [1.54, 1.807) is 23.9 Å². The number of esters is 1. The van der Waals surface area contributed by atoms with Gasteiger partial charge in [-0.05, 0) is 31.0 Å². The fourth-order valence-corrected chi connectivity index (χ4v) is 2.99. The number of hydrogen-bond donors (Lipinski definition) is 1. The lowest BCUT2D eigenvalue weighted by Gasteiger charge is -2.11. The van der Waals surface area contributed by atoms with Crippen LogP contribution in [0.4, 0.5) is 5.69 Å². The van der Waals surface area contributed by atoms with Crippen molar-refractivity contribution in [3.8, 4) is 0 Å². The summed E-state index contributed by atoms with van der Waals surface area (Å²) in [7, 11) is 1.38. The molecular formula is C13H17NO3S. The van der Waals surface area contributed by atoms with Crippen molar-refractivity contribution in [2.24, 2.45) is 0 Å². The number of thioether (sulfide) groups is 1. The lowest BCUT2D eigenvalue weighted by atomic mass is 10.2. The lowest BCUT2D eigenvalue weighted by molar-refractivity contribution is 0.0596. The Kier molecular flexibility index (Phi) is 4.49. The van der Waals surface area contributed by atoms with E-state index in [1.165, 1.54) is 7.11 Å². The third-order valence-corrected chi connectivity index (χ3v) is 4.06. The Morgan fingerprint density at radius 3 is 3.11 bits per heavy atom. The fraction of sp³-hybridized carbons (Fsp3) is 0.462. The minimum atomic E-state index is -0.350. The molecule has 1 fully saturated rings. The first-order valence-corrected chi connectivity index (χ1v) is 6.91. The van der Waals surface area contributed by atoms with E-state index in [-0.39, 0.29) is 12.1 Å². The van der Waals surface area contributed by atoms with E-state index in [1.807, 2.05) is 6.07 Å². The molecule has 1 aromatic carbocycles. The van der Waals surface area contributed by atoms with Gasteiger partial charge < -0.3 is 15.2 Å². The molecule has 0 spiro atoms. The summed E-state index contributed by atoms with van der Waals surface area (Å²) in [4.78, 5) is 12.6. The third-order valence-electron chi connectivity index (χ3n) is 2.86. The van der Waals surface area contributed by atoms with Gasteiger partial charge in [-0.2, -0.15) is 0 Å². The van der Waals surface area contributed by atoms with E-state index >= 15 is 0 Å². The fourth-order valence-electron chi connectivity index (χ4n) is 1.90. The van der Waals surface area contributed by atoms with Gasteiger partial charge in [0, 0.05) is 22.9 Å². The molecule has 2 N–H and O–H groups in total. The molecule has 2 rings (SSSR count). The average Bonchev–Trinajstić information content (AvgIpc) is 2.89. The van der Waals surface area contributed by atoms with Crippen LogP contribution in [-0.4, -0.2) is 31.5 Å². The SMILES string of the molecule is COC(=O)c1cc(N)ccc1SCC1CCCO1. The highest BCUT2D eigenvalue weighted by Crippen LogP contribution is 2.28. The van der Waals surface area contributed by atoms with Gasteiger partial charge in [-0.3, -0.25) is 0 Å². The van der Waals surface area contributed by atoms with Crippen LogP contribution in [0.1, 0.15) is 23.2 Å². The van der Waals surface area contributed by atoms with Crippen molar-refractivity contribution in [2.45, 2.75) is 23.8 Å². The standard InChI is InChI=1S/C13H17NO3S/c1-16-13(15)11-7-9(14)4-5-12(11)18-8-10-3-2-6-17-10/h4-5,7,10H,2-3,6,8,14H2,1H3. The summed E-state index contributed by atoms with van der Waals surface area (Å²) < 4.78 is 10.3. The van der Waals surface area contributed by atoms with Gasteiger partial charge in [-0.15, -0.1) is 11.8 Å². The second-order valence-corrected chi connectivity index (χ2v) is 5.26. The summed E-state index contributed by atoms with van der Waals surface area (Å²) in [6, 6.07) is 5.31. The van der Waals surface area contributed by atoms with E-state index < -0.39 is 0 Å². The second-order valence-electron chi connectivity index (χ2n) is 4.19. The minimum absolute atomic E-state index is 0.290. The van der Waals surface area contributed by atoms with Crippen LogP contribution >= 0.6 is 11.8 Å². The van der Waals surface area contributed by atoms with Crippen molar-refractivity contribution in [3.63, 3.8) is 0 Å². The Bertz CT molecular complexity index is 430. The summed E-state index contributed by atoms with van der Waals surface area (Å²) in [5.74, 6) is 0.505. The molecule has 0 aliphatic carbocycles. The first-order valence-electron chi connectivity index (χ1n) is 5.93. The highest BCUT2D eigenvalue weighted by molar-refractivity contribution is 7.99. The molecular weight excluding hydrogens is 250 g/mol. The molecule has 0 amide bonds. The van der Waals surface area contributed by atoms with E-state index in [2.05, 4.69) is 0 Å². The Hall–Kier alpha value is -1.20. The van der Waals surface area contributed by atoms with Crippen molar-refractivity contribution >= 4 is 23.4 Å². The summed E-state index contributed by atoms with van der Waals surface area (Å²) in [5, 5.41) is 0. The summed E-state index contributed by atoms with van der Waals surface area (Å²) >= 11 is 1.62. The molecule has 0 aromatic heterocycles. The molecule has 18 heavy (non-hydrogen) atoms. The molecule has 1 heterocycles. The van der Waals surface area contributed by atoms with Crippen LogP contribution < -0.4 is 5.73 Å². The zero-order valence-electron chi connectivity index (χ0n) is 10.3. The van der Waals surface area contributed by atoms with Gasteiger partial charge in [0.2, 0.25) is 0 Å². The summed E-state index contributed by atoms with van der Waals surface area (Å²) in [6.07, 6.45) is 2.50. The molecule has 1 atom stereocenters. The quantitative estimate of drug-likeness (QED) is 0.515. The first-order chi connectivity index (χ1) is 8.70. The average molecular weight is 267 g/mol. The normalized spacial score (nSPS) is 18.8. The van der Waals surface area contributed by atoms with Gasteiger partial charge >= 0.3 is 5.97 Å². The van der Waals surface area contributed by atoms with Crippen LogP contribution in [0, 0.1) is 0 Å². The maximum absolute atomic E-state index is 11.7. The zero-order valence-corrected chi connectivity index (χ0v) is 11.2. The highest BCUT2D eigenvalue weighted by atomic mass is 32.2. The molecule has 1 aliphatic rings. The van der Waals surface area contributed by atoms with Crippen LogP contribution in [0.5, 0.6) is 0 Å². The summed E-state index contributed by atoms with van der Waals surface area (Å²) in [5.41, 5.74) is 6.79. The molecule has 1 aliphatic heterocycles. The van der Waals surface area contributed by atoms with Crippen LogP contribution in [0.15, 0.2) is 23.1 Å². The molecule has 1 aromatic rings. The minimum Gasteiger partial charge on any atom is -0.465 e. The third kappa shape index (κ3) is 3.17. The van der Waals surface area contributed by atoms with Gasteiger partial charge in [-0.1, -0.05) is 0 Å². The smallest absolute Gasteiger partial charge is 0.339 e. The zero-order chi connectivity index (χ0) is 13.0. The number of rotatable bonds is 4.